The molecule has 0 unspecified atom stereocenters. The minimum absolute atomic E-state index is 0.0716. The Balaban J connectivity index is 1.95. The van der Waals surface area contributed by atoms with Gasteiger partial charge in [0.05, 0.1) is 17.6 Å². The smallest absolute Gasteiger partial charge is 0.148 e. The zero-order valence-electron chi connectivity index (χ0n) is 9.33. The number of nitrogens with one attached hydrogen (secondary N) is 1. The van der Waals surface area contributed by atoms with E-state index in [-0.39, 0.29) is 24.5 Å². The number of rotatable bonds is 4. The summed E-state index contributed by atoms with van der Waals surface area (Å²) in [5, 5.41) is 2.79. The zero-order valence-corrected chi connectivity index (χ0v) is 9.33. The summed E-state index contributed by atoms with van der Waals surface area (Å²) in [5.41, 5.74) is 0.313. The summed E-state index contributed by atoms with van der Waals surface area (Å²) in [4.78, 5) is 7.44. The van der Waals surface area contributed by atoms with Crippen LogP contribution in [0.1, 0.15) is 11.4 Å². The molecule has 0 aliphatic heterocycles. The van der Waals surface area contributed by atoms with Gasteiger partial charge in [0.1, 0.15) is 17.5 Å². The third kappa shape index (κ3) is 3.04. The van der Waals surface area contributed by atoms with Crippen molar-refractivity contribution in [3.05, 3.63) is 59.4 Å². The van der Waals surface area contributed by atoms with Crippen molar-refractivity contribution in [2.75, 3.05) is 0 Å². The van der Waals surface area contributed by atoms with Gasteiger partial charge in [-0.05, 0) is 12.1 Å². The van der Waals surface area contributed by atoms with E-state index in [1.165, 1.54) is 18.3 Å². The van der Waals surface area contributed by atoms with Gasteiger partial charge < -0.3 is 5.32 Å². The highest BCUT2D eigenvalue weighted by Crippen LogP contribution is 2.06. The number of nitrogens with zero attached hydrogens (tertiary/aromatic N) is 2. The molecule has 0 fully saturated rings. The molecular formula is C12H10F3N3. The molecule has 0 saturated carbocycles. The first-order valence-corrected chi connectivity index (χ1v) is 5.27. The first-order chi connectivity index (χ1) is 8.66. The number of pyridine rings is 2. The van der Waals surface area contributed by atoms with E-state index in [0.717, 1.165) is 12.3 Å². The van der Waals surface area contributed by atoms with Crippen molar-refractivity contribution in [2.45, 2.75) is 13.1 Å². The van der Waals surface area contributed by atoms with E-state index in [2.05, 4.69) is 15.3 Å². The summed E-state index contributed by atoms with van der Waals surface area (Å²) in [6.07, 6.45) is 2.40. The monoisotopic (exact) mass is 253 g/mol. The van der Waals surface area contributed by atoms with Crippen LogP contribution in [-0.4, -0.2) is 9.97 Å². The van der Waals surface area contributed by atoms with Crippen molar-refractivity contribution in [1.29, 1.82) is 0 Å². The van der Waals surface area contributed by atoms with Gasteiger partial charge in [-0.3, -0.25) is 9.97 Å². The lowest BCUT2D eigenvalue weighted by Crippen LogP contribution is -2.16. The molecule has 0 aliphatic carbocycles. The van der Waals surface area contributed by atoms with Crippen LogP contribution in [0.15, 0.2) is 30.6 Å². The molecule has 0 saturated heterocycles. The van der Waals surface area contributed by atoms with E-state index in [4.69, 9.17) is 0 Å². The number of hydrogen-bond acceptors (Lipinski definition) is 3. The normalized spacial score (nSPS) is 10.6. The van der Waals surface area contributed by atoms with Crippen LogP contribution in [0, 0.1) is 17.5 Å². The Bertz CT molecular complexity index is 546. The van der Waals surface area contributed by atoms with Crippen LogP contribution in [0.4, 0.5) is 13.2 Å². The zero-order chi connectivity index (χ0) is 13.0. The van der Waals surface area contributed by atoms with Gasteiger partial charge in [0, 0.05) is 25.4 Å². The molecule has 2 heterocycles. The van der Waals surface area contributed by atoms with Gasteiger partial charge in [-0.15, -0.1) is 0 Å². The third-order valence-electron chi connectivity index (χ3n) is 2.30. The summed E-state index contributed by atoms with van der Waals surface area (Å²) in [6.45, 7) is 0.216. The van der Waals surface area contributed by atoms with Crippen molar-refractivity contribution in [2.24, 2.45) is 0 Å². The van der Waals surface area contributed by atoms with Gasteiger partial charge >= 0.3 is 0 Å². The van der Waals surface area contributed by atoms with Crippen LogP contribution in [-0.2, 0) is 13.1 Å². The molecule has 0 aromatic carbocycles. The number of hydrogen-bond donors (Lipinski definition) is 1. The van der Waals surface area contributed by atoms with Crippen molar-refractivity contribution in [3.63, 3.8) is 0 Å². The molecule has 0 atom stereocenters. The van der Waals surface area contributed by atoms with Crippen molar-refractivity contribution in [1.82, 2.24) is 15.3 Å². The van der Waals surface area contributed by atoms with Crippen LogP contribution in [0.25, 0.3) is 0 Å². The average molecular weight is 253 g/mol. The van der Waals surface area contributed by atoms with Gasteiger partial charge in [-0.1, -0.05) is 0 Å². The molecule has 0 spiro atoms. The van der Waals surface area contributed by atoms with E-state index >= 15 is 0 Å². The lowest BCUT2D eigenvalue weighted by molar-refractivity contribution is 0.534. The fraction of sp³-hybridized carbons (Fsp3) is 0.167. The fourth-order valence-electron chi connectivity index (χ4n) is 1.42. The predicted octanol–water partition coefficient (Wildman–Crippen LogP) is 2.18. The molecule has 94 valence electrons. The minimum Gasteiger partial charge on any atom is -0.305 e. The van der Waals surface area contributed by atoms with E-state index in [9.17, 15) is 13.2 Å². The Hall–Kier alpha value is -1.95. The van der Waals surface area contributed by atoms with E-state index in [1.54, 1.807) is 0 Å². The van der Waals surface area contributed by atoms with Gasteiger partial charge in [0.2, 0.25) is 0 Å². The second-order valence-electron chi connectivity index (χ2n) is 3.62. The van der Waals surface area contributed by atoms with Crippen LogP contribution >= 0.6 is 0 Å². The molecule has 2 aromatic heterocycles. The predicted molar refractivity (Wildman–Crippen MR) is 58.9 cm³/mol. The Kier molecular flexibility index (Phi) is 3.88. The Morgan fingerprint density at radius 3 is 2.39 bits per heavy atom. The molecule has 3 nitrogen and oxygen atoms in total. The largest absolute Gasteiger partial charge is 0.305 e. The highest BCUT2D eigenvalue weighted by atomic mass is 19.1. The second-order valence-corrected chi connectivity index (χ2v) is 3.62. The molecule has 18 heavy (non-hydrogen) atoms. The topological polar surface area (TPSA) is 37.8 Å². The SMILES string of the molecule is Fc1cnc(CNCc2ncccc2F)c(F)c1. The van der Waals surface area contributed by atoms with Gasteiger partial charge in [-0.25, -0.2) is 13.2 Å². The van der Waals surface area contributed by atoms with Crippen molar-refractivity contribution in [3.8, 4) is 0 Å². The van der Waals surface area contributed by atoms with Crippen LogP contribution < -0.4 is 5.32 Å². The Morgan fingerprint density at radius 2 is 1.72 bits per heavy atom. The Labute approximate surface area is 102 Å². The lowest BCUT2D eigenvalue weighted by atomic mass is 10.3. The molecule has 0 radical (unpaired) electrons. The first kappa shape index (κ1) is 12.5. The molecule has 1 N–H and O–H groups in total. The highest BCUT2D eigenvalue weighted by molar-refractivity contribution is 5.09. The van der Waals surface area contributed by atoms with Gasteiger partial charge in [0.15, 0.2) is 0 Å². The molecule has 0 aliphatic rings. The number of aromatic nitrogens is 2. The molecule has 0 bridgehead atoms. The molecule has 2 rings (SSSR count). The van der Waals surface area contributed by atoms with Crippen molar-refractivity contribution >= 4 is 0 Å². The summed E-state index contributed by atoms with van der Waals surface area (Å²) in [7, 11) is 0. The number of halogens is 3. The molecule has 0 amide bonds. The van der Waals surface area contributed by atoms with Crippen LogP contribution in [0.2, 0.25) is 0 Å². The fourth-order valence-corrected chi connectivity index (χ4v) is 1.42. The lowest BCUT2D eigenvalue weighted by Gasteiger charge is -2.05. The maximum atomic E-state index is 13.2. The average Bonchev–Trinajstić information content (AvgIpc) is 2.34. The third-order valence-corrected chi connectivity index (χ3v) is 2.30. The van der Waals surface area contributed by atoms with Crippen LogP contribution in [0.3, 0.4) is 0 Å². The Morgan fingerprint density at radius 1 is 1.00 bits per heavy atom. The summed E-state index contributed by atoms with van der Waals surface area (Å²) < 4.78 is 39.0. The van der Waals surface area contributed by atoms with Crippen LogP contribution in [0.5, 0.6) is 0 Å². The molecule has 2 aromatic rings. The summed E-state index contributed by atoms with van der Waals surface area (Å²) >= 11 is 0. The highest BCUT2D eigenvalue weighted by Gasteiger charge is 2.06. The van der Waals surface area contributed by atoms with E-state index in [0.29, 0.717) is 0 Å². The summed E-state index contributed by atoms with van der Waals surface area (Å²) in [6, 6.07) is 3.53. The maximum absolute atomic E-state index is 13.2. The maximum Gasteiger partial charge on any atom is 0.148 e. The molecular weight excluding hydrogens is 243 g/mol. The standard InChI is InChI=1S/C12H10F3N3/c13-8-4-10(15)12(18-5-8)7-16-6-11-9(14)2-1-3-17-11/h1-5,16H,6-7H2. The minimum atomic E-state index is -0.732. The first-order valence-electron chi connectivity index (χ1n) is 5.27. The second kappa shape index (κ2) is 5.59. The molecule has 6 heteroatoms. The van der Waals surface area contributed by atoms with E-state index < -0.39 is 17.5 Å². The van der Waals surface area contributed by atoms with Crippen molar-refractivity contribution < 1.29 is 13.2 Å². The quantitative estimate of drug-likeness (QED) is 0.907. The van der Waals surface area contributed by atoms with E-state index in [1.807, 2.05) is 0 Å². The summed E-state index contributed by atoms with van der Waals surface area (Å²) in [5.74, 6) is -1.89. The van der Waals surface area contributed by atoms with Gasteiger partial charge in [-0.2, -0.15) is 0 Å². The van der Waals surface area contributed by atoms with Gasteiger partial charge in [0.25, 0.3) is 0 Å².